The van der Waals surface area contributed by atoms with E-state index in [-0.39, 0.29) is 24.5 Å². The van der Waals surface area contributed by atoms with E-state index in [0.717, 1.165) is 35.1 Å². The Balaban J connectivity index is 1.19. The Bertz CT molecular complexity index is 1070. The van der Waals surface area contributed by atoms with Gasteiger partial charge in [0.1, 0.15) is 12.6 Å². The predicted octanol–water partition coefficient (Wildman–Crippen LogP) is 4.02. The molecule has 0 spiro atoms. The predicted molar refractivity (Wildman–Crippen MR) is 126 cm³/mol. The Kier molecular flexibility index (Phi) is 6.02. The number of rotatable bonds is 5. The number of hydrogen-bond acceptors (Lipinski definition) is 4. The van der Waals surface area contributed by atoms with Crippen molar-refractivity contribution < 1.29 is 24.2 Å². The van der Waals surface area contributed by atoms with Gasteiger partial charge in [0.25, 0.3) is 0 Å². The number of carbonyl (C=O) groups is 3. The SMILES string of the molecule is C[C@H](NC(=O)OCC1c2ccccc2-c2ccccc21)C(=O)N1CCC2CCC(C(=O)O)CC21. The zero-order chi connectivity index (χ0) is 23.8. The largest absolute Gasteiger partial charge is 0.481 e. The van der Waals surface area contributed by atoms with Crippen molar-refractivity contribution >= 4 is 18.0 Å². The van der Waals surface area contributed by atoms with E-state index in [1.807, 2.05) is 24.3 Å². The van der Waals surface area contributed by atoms with Gasteiger partial charge in [0, 0.05) is 18.5 Å². The molecule has 34 heavy (non-hydrogen) atoms. The zero-order valence-corrected chi connectivity index (χ0v) is 19.3. The Hall–Kier alpha value is -3.35. The van der Waals surface area contributed by atoms with Crippen LogP contribution in [0.15, 0.2) is 48.5 Å². The van der Waals surface area contributed by atoms with Crippen molar-refractivity contribution in [1.82, 2.24) is 10.2 Å². The third-order valence-electron chi connectivity index (χ3n) is 7.78. The molecule has 3 aliphatic rings. The minimum atomic E-state index is -0.789. The molecule has 1 heterocycles. The normalized spacial score (nSPS) is 24.0. The van der Waals surface area contributed by atoms with Gasteiger partial charge >= 0.3 is 12.1 Å². The van der Waals surface area contributed by atoms with Crippen LogP contribution in [0.1, 0.15) is 49.7 Å². The molecule has 4 atom stereocenters. The third-order valence-corrected chi connectivity index (χ3v) is 7.78. The standard InChI is InChI=1S/C27H30N2O5/c1-16(25(30)29-13-12-17-10-11-18(26(31)32)14-24(17)29)28-27(33)34-15-23-21-8-4-2-6-19(21)20-7-3-5-9-22(20)23/h2-9,16-18,23-24H,10-15H2,1H3,(H,28,33)(H,31,32)/t16-,17?,18?,24?/m0/s1. The van der Waals surface area contributed by atoms with Gasteiger partial charge < -0.3 is 20.1 Å². The highest BCUT2D eigenvalue weighted by atomic mass is 16.5. The lowest BCUT2D eigenvalue weighted by molar-refractivity contribution is -0.145. The second-order valence-electron chi connectivity index (χ2n) is 9.69. The number of carbonyl (C=O) groups excluding carboxylic acids is 2. The molecule has 7 nitrogen and oxygen atoms in total. The summed E-state index contributed by atoms with van der Waals surface area (Å²) in [5, 5.41) is 12.1. The highest BCUT2D eigenvalue weighted by Crippen LogP contribution is 2.44. The smallest absolute Gasteiger partial charge is 0.407 e. The summed E-state index contributed by atoms with van der Waals surface area (Å²) in [5.41, 5.74) is 4.58. The number of hydrogen-bond donors (Lipinski definition) is 2. The first kappa shape index (κ1) is 22.4. The Labute approximate surface area is 199 Å². The number of benzene rings is 2. The fourth-order valence-corrected chi connectivity index (χ4v) is 6.02. The molecule has 2 N–H and O–H groups in total. The number of carboxylic acids is 1. The number of fused-ring (bicyclic) bond motifs is 4. The summed E-state index contributed by atoms with van der Waals surface area (Å²) in [6, 6.07) is 15.5. The van der Waals surface area contributed by atoms with Crippen molar-refractivity contribution in [3.8, 4) is 11.1 Å². The summed E-state index contributed by atoms with van der Waals surface area (Å²) in [4.78, 5) is 38.9. The lowest BCUT2D eigenvalue weighted by Gasteiger charge is -2.35. The summed E-state index contributed by atoms with van der Waals surface area (Å²) in [6.07, 6.45) is 2.26. The summed E-state index contributed by atoms with van der Waals surface area (Å²) >= 11 is 0. The molecule has 2 aromatic carbocycles. The number of ether oxygens (including phenoxy) is 1. The van der Waals surface area contributed by atoms with Crippen LogP contribution < -0.4 is 5.32 Å². The fourth-order valence-electron chi connectivity index (χ4n) is 6.02. The van der Waals surface area contributed by atoms with Gasteiger partial charge in [-0.1, -0.05) is 48.5 Å². The highest BCUT2D eigenvalue weighted by Gasteiger charge is 2.43. The number of nitrogens with zero attached hydrogens (tertiary/aromatic N) is 1. The molecular formula is C27H30N2O5. The van der Waals surface area contributed by atoms with Gasteiger partial charge in [-0.2, -0.15) is 0 Å². The molecule has 3 unspecified atom stereocenters. The van der Waals surface area contributed by atoms with Crippen molar-refractivity contribution in [3.63, 3.8) is 0 Å². The maximum atomic E-state index is 13.1. The molecule has 1 saturated heterocycles. The van der Waals surface area contributed by atoms with E-state index in [4.69, 9.17) is 4.74 Å². The molecule has 0 radical (unpaired) electrons. The third kappa shape index (κ3) is 4.04. The molecule has 7 heteroatoms. The average Bonchev–Trinajstić information content (AvgIpc) is 3.41. The van der Waals surface area contributed by atoms with Crippen LogP contribution in [0.25, 0.3) is 11.1 Å². The molecule has 0 aromatic heterocycles. The van der Waals surface area contributed by atoms with Gasteiger partial charge in [0.15, 0.2) is 0 Å². The van der Waals surface area contributed by atoms with Gasteiger partial charge in [-0.25, -0.2) is 4.79 Å². The lowest BCUT2D eigenvalue weighted by Crippen LogP contribution is -2.50. The number of aliphatic carboxylic acids is 1. The highest BCUT2D eigenvalue weighted by molar-refractivity contribution is 5.86. The average molecular weight is 463 g/mol. The molecule has 2 amide bonds. The molecular weight excluding hydrogens is 432 g/mol. The number of amides is 2. The van der Waals surface area contributed by atoms with Crippen molar-refractivity contribution in [3.05, 3.63) is 59.7 Å². The summed E-state index contributed by atoms with van der Waals surface area (Å²) in [6.45, 7) is 2.46. The van der Waals surface area contributed by atoms with E-state index in [1.54, 1.807) is 11.8 Å². The van der Waals surface area contributed by atoms with E-state index >= 15 is 0 Å². The van der Waals surface area contributed by atoms with Crippen LogP contribution in [-0.2, 0) is 14.3 Å². The van der Waals surface area contributed by atoms with Gasteiger partial charge in [-0.15, -0.1) is 0 Å². The minimum absolute atomic E-state index is 0.0429. The van der Waals surface area contributed by atoms with E-state index in [0.29, 0.717) is 25.3 Å². The van der Waals surface area contributed by atoms with Crippen LogP contribution in [-0.4, -0.2) is 53.2 Å². The van der Waals surface area contributed by atoms with Crippen LogP contribution in [0.2, 0.25) is 0 Å². The topological polar surface area (TPSA) is 95.9 Å². The number of likely N-dealkylation sites (tertiary alicyclic amines) is 1. The number of carboxylic acid groups (broad SMARTS) is 1. The Morgan fingerprint density at radius 2 is 1.68 bits per heavy atom. The fraction of sp³-hybridized carbons (Fsp3) is 0.444. The maximum absolute atomic E-state index is 13.1. The molecule has 178 valence electrons. The monoisotopic (exact) mass is 462 g/mol. The Morgan fingerprint density at radius 3 is 2.32 bits per heavy atom. The summed E-state index contributed by atoms with van der Waals surface area (Å²) in [7, 11) is 0. The van der Waals surface area contributed by atoms with Crippen LogP contribution in [0.3, 0.4) is 0 Å². The minimum Gasteiger partial charge on any atom is -0.481 e. The first-order valence-corrected chi connectivity index (χ1v) is 12.1. The lowest BCUT2D eigenvalue weighted by atomic mass is 9.78. The first-order chi connectivity index (χ1) is 16.4. The van der Waals surface area contributed by atoms with E-state index in [9.17, 15) is 19.5 Å². The first-order valence-electron chi connectivity index (χ1n) is 12.1. The zero-order valence-electron chi connectivity index (χ0n) is 19.3. The second kappa shape index (κ2) is 9.12. The molecule has 2 fully saturated rings. The van der Waals surface area contributed by atoms with Crippen LogP contribution >= 0.6 is 0 Å². The van der Waals surface area contributed by atoms with E-state index in [2.05, 4.69) is 29.6 Å². The van der Waals surface area contributed by atoms with Gasteiger partial charge in [0.05, 0.1) is 5.92 Å². The van der Waals surface area contributed by atoms with Crippen LogP contribution in [0, 0.1) is 11.8 Å². The second-order valence-corrected chi connectivity index (χ2v) is 9.69. The van der Waals surface area contributed by atoms with Crippen molar-refractivity contribution in [2.24, 2.45) is 11.8 Å². The van der Waals surface area contributed by atoms with Crippen molar-refractivity contribution in [2.75, 3.05) is 13.2 Å². The number of alkyl carbamates (subject to hydrolysis) is 1. The van der Waals surface area contributed by atoms with Crippen molar-refractivity contribution in [1.29, 1.82) is 0 Å². The molecule has 1 aliphatic heterocycles. The van der Waals surface area contributed by atoms with Gasteiger partial charge in [-0.3, -0.25) is 9.59 Å². The molecule has 2 aliphatic carbocycles. The van der Waals surface area contributed by atoms with E-state index in [1.165, 1.54) is 0 Å². The maximum Gasteiger partial charge on any atom is 0.407 e. The molecule has 2 aromatic rings. The summed E-state index contributed by atoms with van der Waals surface area (Å²) < 4.78 is 5.58. The van der Waals surface area contributed by atoms with Crippen molar-refractivity contribution in [2.45, 2.75) is 50.6 Å². The Morgan fingerprint density at radius 1 is 1.03 bits per heavy atom. The van der Waals surface area contributed by atoms with Crippen LogP contribution in [0.5, 0.6) is 0 Å². The summed E-state index contributed by atoms with van der Waals surface area (Å²) in [5.74, 6) is -1.06. The molecule has 5 rings (SSSR count). The number of nitrogens with one attached hydrogen (secondary N) is 1. The quantitative estimate of drug-likeness (QED) is 0.700. The van der Waals surface area contributed by atoms with Crippen LogP contribution in [0.4, 0.5) is 4.79 Å². The van der Waals surface area contributed by atoms with Gasteiger partial charge in [-0.05, 0) is 60.8 Å². The molecule has 1 saturated carbocycles. The molecule has 0 bridgehead atoms. The van der Waals surface area contributed by atoms with E-state index < -0.39 is 24.0 Å². The van der Waals surface area contributed by atoms with Gasteiger partial charge in [0.2, 0.25) is 5.91 Å².